The van der Waals surface area contributed by atoms with Gasteiger partial charge in [0.25, 0.3) is 0 Å². The highest BCUT2D eigenvalue weighted by atomic mass is 16.3. The maximum Gasteiger partial charge on any atom is 0.246 e. The average molecular weight is 739 g/mol. The molecule has 0 amide bonds. The van der Waals surface area contributed by atoms with Crippen molar-refractivity contribution in [1.82, 2.24) is 9.80 Å². The second-order valence-electron chi connectivity index (χ2n) is 20.5. The first-order valence-electron chi connectivity index (χ1n) is 22.2. The number of aromatic nitrogens is 1. The molecule has 5 aromatic rings. The Labute approximate surface area is 331 Å². The van der Waals surface area contributed by atoms with E-state index in [1.54, 1.807) is 5.56 Å². The molecule has 2 aliphatic carbocycles. The van der Waals surface area contributed by atoms with Crippen LogP contribution in [-0.2, 0) is 23.0 Å². The fraction of sp³-hybridized carbons (Fsp3) is 0.588. The van der Waals surface area contributed by atoms with Crippen LogP contribution < -0.4 is 4.57 Å². The van der Waals surface area contributed by atoms with Crippen LogP contribution >= 0.6 is 0 Å². The smallest absolute Gasteiger partial charge is 0.246 e. The second kappa shape index (κ2) is 13.2. The van der Waals surface area contributed by atoms with Crippen molar-refractivity contribution in [2.75, 3.05) is 0 Å². The van der Waals surface area contributed by atoms with Crippen molar-refractivity contribution >= 4 is 32.6 Å². The maximum absolute atomic E-state index is 7.13. The van der Waals surface area contributed by atoms with Gasteiger partial charge >= 0.3 is 0 Å². The van der Waals surface area contributed by atoms with Crippen LogP contribution in [0.1, 0.15) is 155 Å². The molecule has 292 valence electrons. The van der Waals surface area contributed by atoms with E-state index in [9.17, 15) is 0 Å². The number of aryl methyl sites for hydroxylation is 2. The van der Waals surface area contributed by atoms with Crippen LogP contribution in [0.3, 0.4) is 0 Å². The monoisotopic (exact) mass is 739 g/mol. The molecule has 0 spiro atoms. The topological polar surface area (TPSA) is 23.5 Å². The van der Waals surface area contributed by atoms with Crippen LogP contribution in [-0.4, -0.2) is 28.0 Å². The van der Waals surface area contributed by atoms with Gasteiger partial charge in [-0.1, -0.05) is 117 Å². The Bertz CT molecular complexity index is 2290. The number of rotatable bonds is 5. The number of pyridine rings is 1. The van der Waals surface area contributed by atoms with Gasteiger partial charge < -0.3 is 4.42 Å². The van der Waals surface area contributed by atoms with Crippen LogP contribution in [0.4, 0.5) is 0 Å². The lowest BCUT2D eigenvalue weighted by molar-refractivity contribution is -0.765. The van der Waals surface area contributed by atoms with Gasteiger partial charge in [0.2, 0.25) is 16.9 Å². The summed E-state index contributed by atoms with van der Waals surface area (Å²) in [5.41, 5.74) is 10.1. The SMILES string of the molecule is Cc1cc(C)c2c3oc(CC(C)C)cc3c3[n+](c2c1)C1(C)N(C2CCCCC2)C(C(C)C)N(C2CCCCC2)C1(C)c1c-3cc(C(C)(C)C)c2ccccc12. The highest BCUT2D eigenvalue weighted by Gasteiger charge is 2.75. The molecular weight excluding hydrogens is 671 g/mol. The van der Waals surface area contributed by atoms with Gasteiger partial charge in [0.15, 0.2) is 5.58 Å². The molecule has 55 heavy (non-hydrogen) atoms. The molecule has 0 N–H and O–H groups in total. The van der Waals surface area contributed by atoms with Gasteiger partial charge in [-0.15, -0.1) is 0 Å². The zero-order chi connectivity index (χ0) is 38.8. The lowest BCUT2D eigenvalue weighted by atomic mass is 9.68. The van der Waals surface area contributed by atoms with Crippen molar-refractivity contribution in [3.05, 3.63) is 76.5 Å². The minimum Gasteiger partial charge on any atom is -0.460 e. The van der Waals surface area contributed by atoms with E-state index in [0.29, 0.717) is 30.1 Å². The molecule has 2 saturated carbocycles. The van der Waals surface area contributed by atoms with Crippen molar-refractivity contribution in [1.29, 1.82) is 0 Å². The summed E-state index contributed by atoms with van der Waals surface area (Å²) in [5, 5.41) is 5.45. The number of benzene rings is 3. The summed E-state index contributed by atoms with van der Waals surface area (Å²) in [6.07, 6.45) is 14.4. The van der Waals surface area contributed by atoms with Gasteiger partial charge in [-0.2, -0.15) is 4.57 Å². The van der Waals surface area contributed by atoms with Crippen molar-refractivity contribution in [2.24, 2.45) is 11.8 Å². The van der Waals surface area contributed by atoms with E-state index in [4.69, 9.17) is 4.42 Å². The number of hydrogen-bond acceptors (Lipinski definition) is 3. The minimum atomic E-state index is -0.377. The first kappa shape index (κ1) is 37.4. The molecule has 2 aliphatic heterocycles. The highest BCUT2D eigenvalue weighted by Crippen LogP contribution is 2.63. The van der Waals surface area contributed by atoms with Crippen LogP contribution in [0.2, 0.25) is 0 Å². The average Bonchev–Trinajstić information content (AvgIpc) is 3.64. The molecule has 4 heterocycles. The molecule has 1 saturated heterocycles. The van der Waals surface area contributed by atoms with E-state index in [1.165, 1.54) is 119 Å². The van der Waals surface area contributed by atoms with Gasteiger partial charge in [-0.3, -0.25) is 4.90 Å². The van der Waals surface area contributed by atoms with E-state index in [1.807, 2.05) is 0 Å². The normalized spacial score (nSPS) is 25.8. The Morgan fingerprint density at radius 3 is 2.00 bits per heavy atom. The molecule has 3 unspecified atom stereocenters. The molecule has 9 rings (SSSR count). The second-order valence-corrected chi connectivity index (χ2v) is 20.5. The third-order valence-corrected chi connectivity index (χ3v) is 14.9. The highest BCUT2D eigenvalue weighted by molar-refractivity contribution is 6.09. The Hall–Kier alpha value is -3.21. The maximum atomic E-state index is 7.13. The Kier molecular flexibility index (Phi) is 8.95. The Morgan fingerprint density at radius 2 is 1.40 bits per heavy atom. The lowest BCUT2D eigenvalue weighted by Crippen LogP contribution is -2.75. The van der Waals surface area contributed by atoms with E-state index in [-0.39, 0.29) is 16.6 Å². The molecule has 4 aliphatic rings. The van der Waals surface area contributed by atoms with Crippen molar-refractivity contribution in [3.63, 3.8) is 0 Å². The molecule has 3 fully saturated rings. The quantitative estimate of drug-likeness (QED) is 0.168. The summed E-state index contributed by atoms with van der Waals surface area (Å²) in [4.78, 5) is 6.32. The number of nitrogens with zero attached hydrogens (tertiary/aromatic N) is 3. The molecular formula is C51H68N3O+. The Morgan fingerprint density at radius 1 is 0.782 bits per heavy atom. The van der Waals surface area contributed by atoms with Gasteiger partial charge in [0.1, 0.15) is 11.3 Å². The minimum absolute atomic E-state index is 0.0310. The summed E-state index contributed by atoms with van der Waals surface area (Å²) < 4.78 is 10.1. The Balaban J connectivity index is 1.55. The zero-order valence-corrected chi connectivity index (χ0v) is 36.0. The van der Waals surface area contributed by atoms with Crippen LogP contribution in [0, 0.1) is 25.7 Å². The third kappa shape index (κ3) is 5.32. The molecule has 4 heteroatoms. The van der Waals surface area contributed by atoms with Crippen LogP contribution in [0.25, 0.3) is 43.9 Å². The summed E-state index contributed by atoms with van der Waals surface area (Å²) >= 11 is 0. The van der Waals surface area contributed by atoms with Crippen molar-refractivity contribution < 1.29 is 8.98 Å². The molecule has 0 radical (unpaired) electrons. The third-order valence-electron chi connectivity index (χ3n) is 14.9. The van der Waals surface area contributed by atoms with Crippen molar-refractivity contribution in [2.45, 2.75) is 182 Å². The molecule has 0 bridgehead atoms. The van der Waals surface area contributed by atoms with Crippen LogP contribution in [0.15, 0.2) is 52.9 Å². The first-order valence-corrected chi connectivity index (χ1v) is 22.2. The fourth-order valence-electron chi connectivity index (χ4n) is 12.8. The molecule has 3 atom stereocenters. The summed E-state index contributed by atoms with van der Waals surface area (Å²) in [6.45, 7) is 27.0. The number of furan rings is 1. The predicted molar refractivity (Wildman–Crippen MR) is 231 cm³/mol. The molecule has 4 nitrogen and oxygen atoms in total. The van der Waals surface area contributed by atoms with Gasteiger partial charge in [0.05, 0.1) is 22.5 Å². The summed E-state index contributed by atoms with van der Waals surface area (Å²) in [6, 6.07) is 20.6. The molecule has 3 aromatic carbocycles. The standard InChI is InChI=1S/C51H68N3O/c1-31(2)26-37-29-41-46-40-30-42(49(7,8)9)38-24-18-19-25-39(38)45(40)50(10)51(11,54(46)43-28-33(5)27-34(6)44(43)47(41)55-37)53(36-22-16-13-17-23-36)48(32(3)4)52(50)35-20-14-12-15-21-35/h18-19,24-25,27-32,35-36,48H,12-17,20-23,26H2,1-11H3/q+1. The zero-order valence-electron chi connectivity index (χ0n) is 36.0. The van der Waals surface area contributed by atoms with Crippen molar-refractivity contribution in [3.8, 4) is 11.3 Å². The van der Waals surface area contributed by atoms with E-state index < -0.39 is 0 Å². The largest absolute Gasteiger partial charge is 0.460 e. The van der Waals surface area contributed by atoms with Gasteiger partial charge in [0, 0.05) is 37.1 Å². The van der Waals surface area contributed by atoms with E-state index in [0.717, 1.165) is 17.8 Å². The molecule has 2 aromatic heterocycles. The van der Waals surface area contributed by atoms with Gasteiger partial charge in [-0.05, 0) is 103 Å². The predicted octanol–water partition coefficient (Wildman–Crippen LogP) is 13.0. The summed E-state index contributed by atoms with van der Waals surface area (Å²) in [5.74, 6) is 2.09. The number of fused-ring (bicyclic) bond motifs is 13. The number of hydrogen-bond donors (Lipinski definition) is 0. The van der Waals surface area contributed by atoms with Crippen LogP contribution in [0.5, 0.6) is 0 Å². The van der Waals surface area contributed by atoms with E-state index >= 15 is 0 Å². The lowest BCUT2D eigenvalue weighted by Gasteiger charge is -2.51. The van der Waals surface area contributed by atoms with Gasteiger partial charge in [-0.25, -0.2) is 4.90 Å². The first-order chi connectivity index (χ1) is 26.2. The summed E-state index contributed by atoms with van der Waals surface area (Å²) in [7, 11) is 0. The fourth-order valence-corrected chi connectivity index (χ4v) is 12.8. The van der Waals surface area contributed by atoms with E-state index in [2.05, 4.69) is 139 Å².